The Hall–Kier alpha value is -3.67. The van der Waals surface area contributed by atoms with Crippen LogP contribution in [0.3, 0.4) is 0 Å². The molecule has 0 aromatic heterocycles. The van der Waals surface area contributed by atoms with Gasteiger partial charge in [0.2, 0.25) is 0 Å². The van der Waals surface area contributed by atoms with E-state index in [4.69, 9.17) is 14.2 Å². The molecule has 0 bridgehead atoms. The van der Waals surface area contributed by atoms with Gasteiger partial charge in [0.1, 0.15) is 13.2 Å². The van der Waals surface area contributed by atoms with Gasteiger partial charge in [0.25, 0.3) is 0 Å². The summed E-state index contributed by atoms with van der Waals surface area (Å²) in [5.74, 6) is -0.963. The van der Waals surface area contributed by atoms with E-state index < -0.39 is 6.10 Å². The summed E-state index contributed by atoms with van der Waals surface area (Å²) >= 11 is 0. The molecule has 0 fully saturated rings. The molecule has 0 spiro atoms. The summed E-state index contributed by atoms with van der Waals surface area (Å²) in [5, 5.41) is 0. The van der Waals surface area contributed by atoms with Crippen LogP contribution >= 0.6 is 0 Å². The normalized spacial score (nSPS) is 12.9. The number of ether oxygens (including phenoxy) is 3. The molecule has 0 amide bonds. The first-order valence-electron chi connectivity index (χ1n) is 24.2. The van der Waals surface area contributed by atoms with Crippen molar-refractivity contribution >= 4 is 17.9 Å². The number of allylic oxidation sites excluding steroid dienone is 16. The first-order valence-corrected chi connectivity index (χ1v) is 24.2. The second kappa shape index (κ2) is 48.0. The number of carbonyl (C=O) groups is 3. The van der Waals surface area contributed by atoms with Gasteiger partial charge < -0.3 is 14.2 Å². The fourth-order valence-electron chi connectivity index (χ4n) is 6.25. The van der Waals surface area contributed by atoms with Gasteiger partial charge in [-0.25, -0.2) is 0 Å². The van der Waals surface area contributed by atoms with Gasteiger partial charge in [-0.05, 0) is 96.3 Å². The maximum atomic E-state index is 12.7. The Kier molecular flexibility index (Phi) is 45.1. The van der Waals surface area contributed by atoms with Crippen molar-refractivity contribution in [2.45, 2.75) is 213 Å². The van der Waals surface area contributed by atoms with Crippen LogP contribution in [0.1, 0.15) is 207 Å². The second-order valence-electron chi connectivity index (χ2n) is 15.6. The van der Waals surface area contributed by atoms with Crippen LogP contribution in [0.5, 0.6) is 0 Å². The van der Waals surface area contributed by atoms with Crippen molar-refractivity contribution in [3.05, 3.63) is 97.2 Å². The van der Waals surface area contributed by atoms with Gasteiger partial charge in [0, 0.05) is 19.3 Å². The summed E-state index contributed by atoms with van der Waals surface area (Å²) in [4.78, 5) is 37.8. The molecule has 0 aromatic carbocycles. The van der Waals surface area contributed by atoms with E-state index in [0.29, 0.717) is 19.3 Å². The SMILES string of the molecule is CC/C=C\C/C=C\C/C=C\C/C=C\C/C=C\CCCCCC(=O)OCC(COC(=O)CCCCCCCCCCC)OC(=O)CCCCCC/C=C\C/C=C\C/C=C\CC. The van der Waals surface area contributed by atoms with Gasteiger partial charge in [-0.1, -0.05) is 189 Å². The van der Waals surface area contributed by atoms with Crippen molar-refractivity contribution in [1.29, 1.82) is 0 Å². The highest BCUT2D eigenvalue weighted by atomic mass is 16.6. The van der Waals surface area contributed by atoms with E-state index in [1.54, 1.807) is 0 Å². The lowest BCUT2D eigenvalue weighted by molar-refractivity contribution is -0.167. The largest absolute Gasteiger partial charge is 0.462 e. The fraction of sp³-hybridized carbons (Fsp3) is 0.648. The summed E-state index contributed by atoms with van der Waals surface area (Å²) in [6, 6.07) is 0. The number of hydrogen-bond donors (Lipinski definition) is 0. The van der Waals surface area contributed by atoms with Gasteiger partial charge in [-0.15, -0.1) is 0 Å². The summed E-state index contributed by atoms with van der Waals surface area (Å²) < 4.78 is 16.7. The second-order valence-corrected chi connectivity index (χ2v) is 15.6. The zero-order valence-electron chi connectivity index (χ0n) is 38.7. The Bertz CT molecular complexity index is 1230. The third kappa shape index (κ3) is 45.4. The number of rotatable bonds is 42. The molecule has 0 saturated carbocycles. The van der Waals surface area contributed by atoms with Crippen LogP contribution < -0.4 is 0 Å². The molecule has 1 unspecified atom stereocenters. The topological polar surface area (TPSA) is 78.9 Å². The van der Waals surface area contributed by atoms with Crippen molar-refractivity contribution < 1.29 is 28.6 Å². The molecule has 60 heavy (non-hydrogen) atoms. The minimum absolute atomic E-state index is 0.0977. The summed E-state index contributed by atoms with van der Waals surface area (Å²) in [5.41, 5.74) is 0. The molecule has 0 aliphatic rings. The van der Waals surface area contributed by atoms with Crippen LogP contribution in [0.25, 0.3) is 0 Å². The van der Waals surface area contributed by atoms with E-state index in [0.717, 1.165) is 128 Å². The van der Waals surface area contributed by atoms with Crippen molar-refractivity contribution in [3.63, 3.8) is 0 Å². The van der Waals surface area contributed by atoms with Gasteiger partial charge in [0.05, 0.1) is 0 Å². The fourth-order valence-corrected chi connectivity index (χ4v) is 6.25. The van der Waals surface area contributed by atoms with Crippen molar-refractivity contribution in [1.82, 2.24) is 0 Å². The highest BCUT2D eigenvalue weighted by Gasteiger charge is 2.19. The van der Waals surface area contributed by atoms with Crippen molar-refractivity contribution in [2.24, 2.45) is 0 Å². The first kappa shape index (κ1) is 56.3. The Morgan fingerprint density at radius 2 is 0.650 bits per heavy atom. The molecule has 0 aliphatic carbocycles. The maximum Gasteiger partial charge on any atom is 0.306 e. The van der Waals surface area contributed by atoms with Gasteiger partial charge >= 0.3 is 17.9 Å². The number of esters is 3. The Morgan fingerprint density at radius 3 is 1.03 bits per heavy atom. The molecule has 0 radical (unpaired) electrons. The molecule has 0 saturated heterocycles. The van der Waals surface area contributed by atoms with E-state index in [-0.39, 0.29) is 31.1 Å². The molecule has 0 aliphatic heterocycles. The molecule has 0 aromatic rings. The third-order valence-corrected chi connectivity index (χ3v) is 9.83. The highest BCUT2D eigenvalue weighted by molar-refractivity contribution is 5.71. The lowest BCUT2D eigenvalue weighted by atomic mass is 10.1. The molecule has 1 atom stereocenters. The van der Waals surface area contributed by atoms with E-state index >= 15 is 0 Å². The van der Waals surface area contributed by atoms with Crippen LogP contribution in [-0.2, 0) is 28.6 Å². The lowest BCUT2D eigenvalue weighted by Gasteiger charge is -2.18. The van der Waals surface area contributed by atoms with Gasteiger partial charge in [-0.3, -0.25) is 14.4 Å². The summed E-state index contributed by atoms with van der Waals surface area (Å²) in [7, 11) is 0. The average molecular weight is 833 g/mol. The molecular formula is C54H88O6. The van der Waals surface area contributed by atoms with Crippen molar-refractivity contribution in [2.75, 3.05) is 13.2 Å². The third-order valence-electron chi connectivity index (χ3n) is 9.83. The number of unbranched alkanes of at least 4 members (excludes halogenated alkanes) is 15. The van der Waals surface area contributed by atoms with E-state index in [1.807, 2.05) is 0 Å². The lowest BCUT2D eigenvalue weighted by Crippen LogP contribution is -2.30. The predicted molar refractivity (Wildman–Crippen MR) is 256 cm³/mol. The maximum absolute atomic E-state index is 12.7. The molecule has 6 nitrogen and oxygen atoms in total. The minimum Gasteiger partial charge on any atom is -0.462 e. The molecular weight excluding hydrogens is 745 g/mol. The zero-order valence-corrected chi connectivity index (χ0v) is 38.7. The van der Waals surface area contributed by atoms with Crippen LogP contribution in [0.15, 0.2) is 97.2 Å². The number of hydrogen-bond acceptors (Lipinski definition) is 6. The van der Waals surface area contributed by atoms with Crippen LogP contribution in [-0.4, -0.2) is 37.2 Å². The average Bonchev–Trinajstić information content (AvgIpc) is 3.24. The molecule has 340 valence electrons. The van der Waals surface area contributed by atoms with Crippen LogP contribution in [0, 0.1) is 0 Å². The van der Waals surface area contributed by atoms with E-state index in [2.05, 4.69) is 118 Å². The quantitative estimate of drug-likeness (QED) is 0.0264. The first-order chi connectivity index (χ1) is 29.5. The van der Waals surface area contributed by atoms with Crippen LogP contribution in [0.4, 0.5) is 0 Å². The summed E-state index contributed by atoms with van der Waals surface area (Å²) in [6.45, 7) is 6.32. The molecule has 0 N–H and O–H groups in total. The minimum atomic E-state index is -0.800. The standard InChI is InChI=1S/C54H88O6/c1-4-7-10-13-16-19-21-23-25-26-27-28-29-31-32-35-38-41-44-47-53(56)59-50-51(49-58-52(55)46-43-40-37-34-18-15-12-9-6-3)60-54(57)48-45-42-39-36-33-30-24-22-20-17-14-11-8-5-2/h7-8,10-11,16-17,19-20,23-25,27-28,30-32,51H,4-6,9,12-15,18,21-22,26,29,33-50H2,1-3H3/b10-7-,11-8-,19-16-,20-17-,25-23-,28-27-,30-24-,32-31-. The van der Waals surface area contributed by atoms with E-state index in [1.165, 1.54) is 38.5 Å². The zero-order chi connectivity index (χ0) is 43.7. The monoisotopic (exact) mass is 833 g/mol. The Balaban J connectivity index is 4.44. The number of carbonyl (C=O) groups excluding carboxylic acids is 3. The molecule has 0 heterocycles. The summed E-state index contributed by atoms with van der Waals surface area (Å²) in [6.07, 6.45) is 62.5. The molecule has 0 rings (SSSR count). The highest BCUT2D eigenvalue weighted by Crippen LogP contribution is 2.13. The van der Waals surface area contributed by atoms with Crippen LogP contribution in [0.2, 0.25) is 0 Å². The Morgan fingerprint density at radius 1 is 0.350 bits per heavy atom. The van der Waals surface area contributed by atoms with Crippen molar-refractivity contribution in [3.8, 4) is 0 Å². The van der Waals surface area contributed by atoms with E-state index in [9.17, 15) is 14.4 Å². The van der Waals surface area contributed by atoms with Gasteiger partial charge in [-0.2, -0.15) is 0 Å². The predicted octanol–water partition coefficient (Wildman–Crippen LogP) is 15.8. The molecule has 6 heteroatoms. The van der Waals surface area contributed by atoms with Gasteiger partial charge in [0.15, 0.2) is 6.10 Å². The smallest absolute Gasteiger partial charge is 0.306 e. The Labute approximate surface area is 368 Å².